The number of anilines is 1. The van der Waals surface area contributed by atoms with Gasteiger partial charge in [-0.1, -0.05) is 6.07 Å². The molecule has 2 aromatic heterocycles. The highest BCUT2D eigenvalue weighted by Gasteiger charge is 2.17. The molecule has 1 N–H and O–H groups in total. The minimum Gasteiger partial charge on any atom is -0.326 e. The minimum atomic E-state index is -0.408. The van der Waals surface area contributed by atoms with Crippen molar-refractivity contribution in [2.45, 2.75) is 40.5 Å². The number of pyridine rings is 1. The molecule has 0 spiro atoms. The Hall–Kier alpha value is -3.22. The Balaban J connectivity index is 1.91. The number of nitrogens with zero attached hydrogens (tertiary/aromatic N) is 3. The van der Waals surface area contributed by atoms with Crippen LogP contribution in [0.4, 0.5) is 5.69 Å². The summed E-state index contributed by atoms with van der Waals surface area (Å²) in [6.07, 6.45) is 0.733. The monoisotopic (exact) mass is 394 g/mol. The first-order chi connectivity index (χ1) is 13.6. The van der Waals surface area contributed by atoms with Gasteiger partial charge in [-0.05, 0) is 68.5 Å². The maximum atomic E-state index is 12.7. The Morgan fingerprint density at radius 1 is 1.00 bits per heavy atom. The van der Waals surface area contributed by atoms with E-state index in [1.807, 2.05) is 39.8 Å². The van der Waals surface area contributed by atoms with Crippen LogP contribution in [0.5, 0.6) is 0 Å². The maximum absolute atomic E-state index is 12.7. The van der Waals surface area contributed by atoms with E-state index in [1.54, 1.807) is 7.05 Å². The number of carbonyl (C=O) groups is 1. The van der Waals surface area contributed by atoms with Crippen LogP contribution in [0.3, 0.4) is 0 Å². The number of aryl methyl sites for hydroxylation is 5. The number of carbonyl (C=O) groups excluding carboxylic acids is 1. The maximum Gasteiger partial charge on any atom is 0.332 e. The molecule has 0 aliphatic heterocycles. The molecular formula is C22H26N4O3. The molecule has 0 radical (unpaired) electrons. The summed E-state index contributed by atoms with van der Waals surface area (Å²) in [5, 5.41) is 3.36. The number of rotatable bonds is 4. The van der Waals surface area contributed by atoms with Crippen LogP contribution in [0.25, 0.3) is 11.0 Å². The van der Waals surface area contributed by atoms with Crippen molar-refractivity contribution in [3.63, 3.8) is 0 Å². The predicted octanol–water partition coefficient (Wildman–Crippen LogP) is 2.44. The van der Waals surface area contributed by atoms with Gasteiger partial charge >= 0.3 is 5.69 Å². The number of hydrogen-bond donors (Lipinski definition) is 1. The number of fused-ring (bicyclic) bond motifs is 1. The summed E-state index contributed by atoms with van der Waals surface area (Å²) in [7, 11) is 3.06. The number of benzene rings is 1. The molecule has 0 fully saturated rings. The van der Waals surface area contributed by atoms with Crippen molar-refractivity contribution in [2.75, 3.05) is 5.32 Å². The second-order valence-electron chi connectivity index (χ2n) is 7.63. The smallest absolute Gasteiger partial charge is 0.326 e. The van der Waals surface area contributed by atoms with Crippen molar-refractivity contribution in [3.8, 4) is 0 Å². The zero-order chi connectivity index (χ0) is 21.5. The van der Waals surface area contributed by atoms with Gasteiger partial charge in [-0.25, -0.2) is 9.78 Å². The highest BCUT2D eigenvalue weighted by Crippen LogP contribution is 2.21. The molecule has 2 heterocycles. The van der Waals surface area contributed by atoms with Gasteiger partial charge in [0.2, 0.25) is 5.91 Å². The van der Waals surface area contributed by atoms with Crippen molar-refractivity contribution in [2.24, 2.45) is 14.1 Å². The van der Waals surface area contributed by atoms with E-state index in [-0.39, 0.29) is 17.9 Å². The molecule has 3 aromatic rings. The topological polar surface area (TPSA) is 86.0 Å². The molecule has 0 unspecified atom stereocenters. The van der Waals surface area contributed by atoms with Crippen LogP contribution in [0.1, 0.15) is 34.4 Å². The molecule has 0 saturated heterocycles. The molecular weight excluding hydrogens is 368 g/mol. The Morgan fingerprint density at radius 2 is 1.62 bits per heavy atom. The molecule has 29 heavy (non-hydrogen) atoms. The van der Waals surface area contributed by atoms with Crippen LogP contribution in [0, 0.1) is 27.7 Å². The average Bonchev–Trinajstić information content (AvgIpc) is 2.63. The van der Waals surface area contributed by atoms with E-state index in [1.165, 1.54) is 11.6 Å². The molecule has 7 nitrogen and oxygen atoms in total. The van der Waals surface area contributed by atoms with E-state index in [4.69, 9.17) is 0 Å². The zero-order valence-electron chi connectivity index (χ0n) is 17.7. The summed E-state index contributed by atoms with van der Waals surface area (Å²) < 4.78 is 2.47. The van der Waals surface area contributed by atoms with Crippen molar-refractivity contribution >= 4 is 22.6 Å². The van der Waals surface area contributed by atoms with Crippen LogP contribution in [0.15, 0.2) is 27.8 Å². The van der Waals surface area contributed by atoms with Crippen molar-refractivity contribution in [1.29, 1.82) is 0 Å². The highest BCUT2D eigenvalue weighted by molar-refractivity contribution is 5.91. The first-order valence-corrected chi connectivity index (χ1v) is 9.54. The van der Waals surface area contributed by atoms with Gasteiger partial charge in [-0.2, -0.15) is 0 Å². The standard InChI is InChI=1S/C22H26N4O3/c1-12-9-13(2)11-16(10-12)24-18(27)8-7-17-14(3)19-20(23-15(17)4)25(5)22(29)26(6)21(19)28/h9-11H,7-8H2,1-6H3,(H,24,27). The Morgan fingerprint density at radius 3 is 2.24 bits per heavy atom. The zero-order valence-corrected chi connectivity index (χ0v) is 17.7. The molecule has 0 saturated carbocycles. The van der Waals surface area contributed by atoms with E-state index in [2.05, 4.69) is 16.4 Å². The highest BCUT2D eigenvalue weighted by atomic mass is 16.2. The molecule has 0 aliphatic carbocycles. The summed E-state index contributed by atoms with van der Waals surface area (Å²) >= 11 is 0. The summed E-state index contributed by atoms with van der Waals surface area (Å²) in [6, 6.07) is 5.92. The predicted molar refractivity (Wildman–Crippen MR) is 115 cm³/mol. The summed E-state index contributed by atoms with van der Waals surface area (Å²) in [6.45, 7) is 7.67. The Bertz CT molecular complexity index is 1230. The molecule has 152 valence electrons. The summed E-state index contributed by atoms with van der Waals surface area (Å²) in [5.74, 6) is -0.0951. The minimum absolute atomic E-state index is 0.0951. The number of aromatic nitrogens is 3. The van der Waals surface area contributed by atoms with Gasteiger partial charge in [0.05, 0.1) is 5.39 Å². The van der Waals surface area contributed by atoms with Gasteiger partial charge in [-0.3, -0.25) is 18.7 Å². The lowest BCUT2D eigenvalue weighted by molar-refractivity contribution is -0.116. The first kappa shape index (κ1) is 20.5. The van der Waals surface area contributed by atoms with Crippen LogP contribution >= 0.6 is 0 Å². The Labute approximate surface area is 169 Å². The van der Waals surface area contributed by atoms with Gasteiger partial charge in [0, 0.05) is 31.9 Å². The van der Waals surface area contributed by atoms with Crippen molar-refractivity contribution < 1.29 is 4.79 Å². The number of hydrogen-bond acceptors (Lipinski definition) is 4. The normalized spacial score (nSPS) is 11.1. The average molecular weight is 394 g/mol. The second kappa shape index (κ2) is 7.66. The largest absolute Gasteiger partial charge is 0.332 e. The van der Waals surface area contributed by atoms with Crippen LogP contribution in [-0.2, 0) is 25.3 Å². The lowest BCUT2D eigenvalue weighted by Crippen LogP contribution is -2.38. The van der Waals surface area contributed by atoms with Crippen LogP contribution in [0.2, 0.25) is 0 Å². The van der Waals surface area contributed by atoms with Crippen LogP contribution in [-0.4, -0.2) is 20.0 Å². The second-order valence-corrected chi connectivity index (χ2v) is 7.63. The van der Waals surface area contributed by atoms with E-state index >= 15 is 0 Å². The van der Waals surface area contributed by atoms with Crippen LogP contribution < -0.4 is 16.6 Å². The molecule has 1 aromatic carbocycles. The molecule has 0 aliphatic rings. The fourth-order valence-corrected chi connectivity index (χ4v) is 3.82. The summed E-state index contributed by atoms with van der Waals surface area (Å²) in [4.78, 5) is 41.8. The third kappa shape index (κ3) is 3.85. The first-order valence-electron chi connectivity index (χ1n) is 9.54. The van der Waals surface area contributed by atoms with Crippen molar-refractivity contribution in [3.05, 3.63) is 67.0 Å². The number of nitrogens with one attached hydrogen (secondary N) is 1. The van der Waals surface area contributed by atoms with E-state index in [0.29, 0.717) is 17.5 Å². The molecule has 3 rings (SSSR count). The van der Waals surface area contributed by atoms with E-state index in [9.17, 15) is 14.4 Å². The van der Waals surface area contributed by atoms with Crippen molar-refractivity contribution in [1.82, 2.24) is 14.1 Å². The SMILES string of the molecule is Cc1cc(C)cc(NC(=O)CCc2c(C)nc3c(c2C)c(=O)n(C)c(=O)n3C)c1. The Kier molecular flexibility index (Phi) is 5.42. The lowest BCUT2D eigenvalue weighted by atomic mass is 9.99. The van der Waals surface area contributed by atoms with E-state index in [0.717, 1.165) is 38.2 Å². The molecule has 0 bridgehead atoms. The fraction of sp³-hybridized carbons (Fsp3) is 0.364. The quantitative estimate of drug-likeness (QED) is 0.736. The molecule has 1 amide bonds. The van der Waals surface area contributed by atoms with Gasteiger partial charge in [0.25, 0.3) is 5.56 Å². The molecule has 0 atom stereocenters. The third-order valence-electron chi connectivity index (χ3n) is 5.28. The van der Waals surface area contributed by atoms with Gasteiger partial charge in [0.1, 0.15) is 5.65 Å². The third-order valence-corrected chi connectivity index (χ3v) is 5.28. The number of amides is 1. The van der Waals surface area contributed by atoms with E-state index < -0.39 is 5.69 Å². The van der Waals surface area contributed by atoms with Gasteiger partial charge < -0.3 is 5.32 Å². The van der Waals surface area contributed by atoms with Gasteiger partial charge in [-0.15, -0.1) is 0 Å². The van der Waals surface area contributed by atoms with Gasteiger partial charge in [0.15, 0.2) is 0 Å². The summed E-state index contributed by atoms with van der Waals surface area (Å²) in [5.41, 5.74) is 4.91. The fourth-order valence-electron chi connectivity index (χ4n) is 3.82. The lowest BCUT2D eigenvalue weighted by Gasteiger charge is -2.15. The molecule has 7 heteroatoms.